The highest BCUT2D eigenvalue weighted by Gasteiger charge is 2.14. The van der Waals surface area contributed by atoms with Crippen LogP contribution in [0.2, 0.25) is 5.02 Å². The van der Waals surface area contributed by atoms with Gasteiger partial charge in [-0.05, 0) is 36.8 Å². The van der Waals surface area contributed by atoms with Crippen LogP contribution in [0.3, 0.4) is 0 Å². The lowest BCUT2D eigenvalue weighted by Crippen LogP contribution is -2.37. The minimum absolute atomic E-state index is 0.163. The van der Waals surface area contributed by atoms with Crippen molar-refractivity contribution in [1.82, 2.24) is 14.5 Å². The lowest BCUT2D eigenvalue weighted by Gasteiger charge is -2.10. The molecule has 0 fully saturated rings. The van der Waals surface area contributed by atoms with E-state index >= 15 is 0 Å². The number of carbonyl (C=O) groups excluding carboxylic acids is 2. The Morgan fingerprint density at radius 2 is 1.74 bits per heavy atom. The maximum absolute atomic E-state index is 12.3. The average Bonchev–Trinajstić information content (AvgIpc) is 2.89. The minimum Gasteiger partial charge on any atom is -0.345 e. The summed E-state index contributed by atoms with van der Waals surface area (Å²) in [6, 6.07) is 12.4. The van der Waals surface area contributed by atoms with Gasteiger partial charge in [0.05, 0.1) is 17.6 Å². The SMILES string of the molecule is Cc1c(Cl)cccc1NC(=O)CNC(=O)Cn1c(=O)n(C)c2ccccc21. The van der Waals surface area contributed by atoms with Gasteiger partial charge in [-0.2, -0.15) is 0 Å². The van der Waals surface area contributed by atoms with E-state index in [9.17, 15) is 14.4 Å². The molecule has 1 heterocycles. The fourth-order valence-electron chi connectivity index (χ4n) is 2.83. The molecule has 0 atom stereocenters. The zero-order chi connectivity index (χ0) is 19.6. The van der Waals surface area contributed by atoms with Gasteiger partial charge in [0.25, 0.3) is 0 Å². The summed E-state index contributed by atoms with van der Waals surface area (Å²) in [6.45, 7) is 1.43. The van der Waals surface area contributed by atoms with E-state index in [0.29, 0.717) is 16.2 Å². The van der Waals surface area contributed by atoms with Crippen LogP contribution in [0.15, 0.2) is 47.3 Å². The van der Waals surface area contributed by atoms with E-state index in [1.165, 1.54) is 9.13 Å². The first kappa shape index (κ1) is 18.7. The Hall–Kier alpha value is -3.06. The van der Waals surface area contributed by atoms with Crippen LogP contribution < -0.4 is 16.3 Å². The lowest BCUT2D eigenvalue weighted by atomic mass is 10.2. The van der Waals surface area contributed by atoms with Gasteiger partial charge in [-0.1, -0.05) is 29.8 Å². The number of nitrogens with zero attached hydrogens (tertiary/aromatic N) is 2. The molecular formula is C19H19ClN4O3. The third kappa shape index (κ3) is 3.88. The van der Waals surface area contributed by atoms with Crippen LogP contribution >= 0.6 is 11.6 Å². The number of nitrogens with one attached hydrogen (secondary N) is 2. The molecule has 27 heavy (non-hydrogen) atoms. The molecule has 0 radical (unpaired) electrons. The molecule has 2 amide bonds. The van der Waals surface area contributed by atoms with Gasteiger partial charge in [-0.25, -0.2) is 4.79 Å². The predicted molar refractivity (Wildman–Crippen MR) is 105 cm³/mol. The number of rotatable bonds is 5. The third-order valence-corrected chi connectivity index (χ3v) is 4.75. The predicted octanol–water partition coefficient (Wildman–Crippen LogP) is 2.06. The van der Waals surface area contributed by atoms with Gasteiger partial charge in [0.15, 0.2) is 0 Å². The van der Waals surface area contributed by atoms with Crippen LogP contribution in [0.1, 0.15) is 5.56 Å². The monoisotopic (exact) mass is 386 g/mol. The number of hydrogen-bond acceptors (Lipinski definition) is 3. The summed E-state index contributed by atoms with van der Waals surface area (Å²) >= 11 is 6.02. The van der Waals surface area contributed by atoms with E-state index in [4.69, 9.17) is 11.6 Å². The fourth-order valence-corrected chi connectivity index (χ4v) is 3.01. The topological polar surface area (TPSA) is 85.1 Å². The number of hydrogen-bond donors (Lipinski definition) is 2. The largest absolute Gasteiger partial charge is 0.345 e. The molecule has 0 saturated carbocycles. The van der Waals surface area contributed by atoms with Crippen molar-refractivity contribution in [2.75, 3.05) is 11.9 Å². The van der Waals surface area contributed by atoms with Crippen molar-refractivity contribution >= 4 is 40.1 Å². The molecule has 0 spiro atoms. The van der Waals surface area contributed by atoms with Crippen LogP contribution in [-0.4, -0.2) is 27.5 Å². The molecule has 7 nitrogen and oxygen atoms in total. The summed E-state index contributed by atoms with van der Waals surface area (Å²) < 4.78 is 2.86. The molecular weight excluding hydrogens is 368 g/mol. The first-order chi connectivity index (χ1) is 12.9. The Kier molecular flexibility index (Phi) is 5.32. The smallest absolute Gasteiger partial charge is 0.329 e. The minimum atomic E-state index is -0.425. The molecule has 1 aromatic heterocycles. The van der Waals surface area contributed by atoms with Gasteiger partial charge in [0.2, 0.25) is 11.8 Å². The molecule has 140 valence electrons. The number of benzene rings is 2. The molecule has 0 bridgehead atoms. The van der Waals surface area contributed by atoms with Crippen LogP contribution in [0.25, 0.3) is 11.0 Å². The van der Waals surface area contributed by atoms with E-state index in [2.05, 4.69) is 10.6 Å². The summed E-state index contributed by atoms with van der Waals surface area (Å²) in [5.41, 5.74) is 2.46. The maximum Gasteiger partial charge on any atom is 0.329 e. The Morgan fingerprint density at radius 1 is 1.04 bits per heavy atom. The molecule has 0 unspecified atom stereocenters. The number of amides is 2. The van der Waals surface area contributed by atoms with Gasteiger partial charge in [0.1, 0.15) is 6.54 Å². The quantitative estimate of drug-likeness (QED) is 0.703. The Labute approximate surface area is 160 Å². The van der Waals surface area contributed by atoms with Crippen molar-refractivity contribution in [1.29, 1.82) is 0 Å². The summed E-state index contributed by atoms with van der Waals surface area (Å²) in [4.78, 5) is 36.6. The van der Waals surface area contributed by atoms with Crippen molar-refractivity contribution in [2.45, 2.75) is 13.5 Å². The fraction of sp³-hybridized carbons (Fsp3) is 0.211. The van der Waals surface area contributed by atoms with E-state index in [1.807, 2.05) is 12.1 Å². The molecule has 2 N–H and O–H groups in total. The van der Waals surface area contributed by atoms with E-state index in [1.54, 1.807) is 44.3 Å². The molecule has 0 aliphatic rings. The molecule has 0 aliphatic carbocycles. The number of anilines is 1. The highest BCUT2D eigenvalue weighted by molar-refractivity contribution is 6.31. The van der Waals surface area contributed by atoms with Crippen molar-refractivity contribution in [3.8, 4) is 0 Å². The molecule has 0 aliphatic heterocycles. The van der Waals surface area contributed by atoms with Gasteiger partial charge in [-0.3, -0.25) is 18.7 Å². The number of para-hydroxylation sites is 2. The van der Waals surface area contributed by atoms with Crippen molar-refractivity contribution in [3.05, 3.63) is 63.5 Å². The number of aryl methyl sites for hydroxylation is 1. The Morgan fingerprint density at radius 3 is 2.48 bits per heavy atom. The number of fused-ring (bicyclic) bond motifs is 1. The van der Waals surface area contributed by atoms with Crippen molar-refractivity contribution < 1.29 is 9.59 Å². The van der Waals surface area contributed by atoms with Gasteiger partial charge in [0, 0.05) is 17.8 Å². The first-order valence-electron chi connectivity index (χ1n) is 8.34. The molecule has 2 aromatic carbocycles. The summed E-state index contributed by atoms with van der Waals surface area (Å²) in [5.74, 6) is -0.801. The van der Waals surface area contributed by atoms with Gasteiger partial charge in [-0.15, -0.1) is 0 Å². The van der Waals surface area contributed by atoms with Crippen LogP contribution in [-0.2, 0) is 23.2 Å². The maximum atomic E-state index is 12.3. The zero-order valence-corrected chi connectivity index (χ0v) is 15.7. The highest BCUT2D eigenvalue weighted by atomic mass is 35.5. The molecule has 3 aromatic rings. The van der Waals surface area contributed by atoms with Gasteiger partial charge >= 0.3 is 5.69 Å². The van der Waals surface area contributed by atoms with Crippen LogP contribution in [0, 0.1) is 6.92 Å². The second-order valence-corrected chi connectivity index (χ2v) is 6.56. The third-order valence-electron chi connectivity index (χ3n) is 4.34. The lowest BCUT2D eigenvalue weighted by molar-refractivity contribution is -0.124. The van der Waals surface area contributed by atoms with E-state index in [-0.39, 0.29) is 24.7 Å². The number of aromatic nitrogens is 2. The average molecular weight is 387 g/mol. The van der Waals surface area contributed by atoms with Crippen LogP contribution in [0.5, 0.6) is 0 Å². The molecule has 0 saturated heterocycles. The second-order valence-electron chi connectivity index (χ2n) is 6.15. The number of carbonyl (C=O) groups is 2. The van der Waals surface area contributed by atoms with E-state index < -0.39 is 5.91 Å². The summed E-state index contributed by atoms with van der Waals surface area (Å²) in [6.07, 6.45) is 0. The zero-order valence-electron chi connectivity index (χ0n) is 15.0. The molecule has 8 heteroatoms. The van der Waals surface area contributed by atoms with Crippen LogP contribution in [0.4, 0.5) is 5.69 Å². The standard InChI is InChI=1S/C19H19ClN4O3/c1-12-13(20)6-5-7-14(12)22-17(25)10-21-18(26)11-24-16-9-4-3-8-15(16)23(2)19(24)27/h3-9H,10-11H2,1-2H3,(H,21,26)(H,22,25). The highest BCUT2D eigenvalue weighted by Crippen LogP contribution is 2.22. The van der Waals surface area contributed by atoms with E-state index in [0.717, 1.165) is 11.1 Å². The van der Waals surface area contributed by atoms with Gasteiger partial charge < -0.3 is 10.6 Å². The molecule has 3 rings (SSSR count). The van der Waals surface area contributed by atoms with Crippen molar-refractivity contribution in [3.63, 3.8) is 0 Å². The Balaban J connectivity index is 1.64. The Bertz CT molecular complexity index is 1080. The summed E-state index contributed by atoms with van der Waals surface area (Å²) in [5, 5.41) is 5.79. The summed E-state index contributed by atoms with van der Waals surface area (Å²) in [7, 11) is 1.65. The number of imidazole rings is 1. The second kappa shape index (κ2) is 7.67. The first-order valence-corrected chi connectivity index (χ1v) is 8.72. The number of halogens is 1. The normalized spacial score (nSPS) is 10.8. The van der Waals surface area contributed by atoms with Crippen molar-refractivity contribution in [2.24, 2.45) is 7.05 Å².